The predicted molar refractivity (Wildman–Crippen MR) is 140 cm³/mol. The summed E-state index contributed by atoms with van der Waals surface area (Å²) in [6.45, 7) is 1.23. The number of carbonyl (C=O) groups excluding carboxylic acids is 2. The number of pyridine rings is 1. The Kier molecular flexibility index (Phi) is 6.75. The van der Waals surface area contributed by atoms with Crippen LogP contribution < -0.4 is 5.32 Å². The summed E-state index contributed by atoms with van der Waals surface area (Å²) in [7, 11) is 0. The summed E-state index contributed by atoms with van der Waals surface area (Å²) >= 11 is 6.08. The molecule has 2 aliphatic heterocycles. The highest BCUT2D eigenvalue weighted by atomic mass is 35.5. The molecule has 16 heteroatoms. The standard InChI is InChI=1S/C26H20ClF4N9O2/c1-12(41)35-17-9-32-21(26(29,30)31)8-15(17)18-10-33-25(36-18)20-4-2-14-6-13(7-22(42)40(14)20)23-19(39-11-34-37-38-39)5-3-16(27)24(23)28/h3,5,7-11,14,20H,2,4,6H2,1H3,(H,33,36)(H,35,41)/t14-,20+/m1/s1. The second-order valence-corrected chi connectivity index (χ2v) is 10.3. The van der Waals surface area contributed by atoms with Crippen molar-refractivity contribution < 1.29 is 27.2 Å². The number of imidazole rings is 1. The van der Waals surface area contributed by atoms with Crippen LogP contribution in [0.1, 0.15) is 49.3 Å². The molecule has 2 aliphatic rings. The normalized spacial score (nSPS) is 18.7. The van der Waals surface area contributed by atoms with E-state index in [1.165, 1.54) is 36.3 Å². The minimum atomic E-state index is -4.71. The topological polar surface area (TPSA) is 135 Å². The summed E-state index contributed by atoms with van der Waals surface area (Å²) in [5.74, 6) is -1.21. The lowest BCUT2D eigenvalue weighted by molar-refractivity contribution is -0.141. The average Bonchev–Trinajstić information content (AvgIpc) is 3.70. The van der Waals surface area contributed by atoms with E-state index in [-0.39, 0.29) is 39.5 Å². The van der Waals surface area contributed by atoms with Crippen LogP contribution in [0.5, 0.6) is 0 Å². The Bertz CT molecular complexity index is 1740. The van der Waals surface area contributed by atoms with Gasteiger partial charge in [-0.1, -0.05) is 11.6 Å². The number of hydrogen-bond donors (Lipinski definition) is 2. The summed E-state index contributed by atoms with van der Waals surface area (Å²) < 4.78 is 56.8. The highest BCUT2D eigenvalue weighted by Crippen LogP contribution is 2.44. The van der Waals surface area contributed by atoms with Crippen LogP contribution in [0.2, 0.25) is 5.02 Å². The molecule has 1 fully saturated rings. The van der Waals surface area contributed by atoms with Crippen molar-refractivity contribution in [2.45, 2.75) is 44.4 Å². The Morgan fingerprint density at radius 3 is 2.71 bits per heavy atom. The molecule has 42 heavy (non-hydrogen) atoms. The lowest BCUT2D eigenvalue weighted by Gasteiger charge is -2.33. The summed E-state index contributed by atoms with van der Waals surface area (Å²) in [5, 5.41) is 13.4. The van der Waals surface area contributed by atoms with Gasteiger partial charge < -0.3 is 15.2 Å². The molecule has 11 nitrogen and oxygen atoms in total. The van der Waals surface area contributed by atoms with Gasteiger partial charge in [0.15, 0.2) is 5.82 Å². The third-order valence-electron chi connectivity index (χ3n) is 7.21. The fraction of sp³-hybridized carbons (Fsp3) is 0.269. The Morgan fingerprint density at radius 2 is 2.00 bits per heavy atom. The number of aromatic nitrogens is 7. The van der Waals surface area contributed by atoms with Gasteiger partial charge in [-0.25, -0.2) is 14.4 Å². The number of amides is 2. The molecule has 0 bridgehead atoms. The summed E-state index contributed by atoms with van der Waals surface area (Å²) in [5.41, 5.74) is 0.0575. The number of halogens is 5. The first kappa shape index (κ1) is 27.5. The fourth-order valence-electron chi connectivity index (χ4n) is 5.47. The maximum atomic E-state index is 15.3. The third-order valence-corrected chi connectivity index (χ3v) is 7.50. The Morgan fingerprint density at radius 1 is 1.19 bits per heavy atom. The molecule has 4 aromatic rings. The summed E-state index contributed by atoms with van der Waals surface area (Å²) in [6.07, 6.45) is 1.61. The first-order chi connectivity index (χ1) is 20.0. The number of rotatable bonds is 5. The van der Waals surface area contributed by atoms with Crippen LogP contribution in [0.4, 0.5) is 23.2 Å². The van der Waals surface area contributed by atoms with E-state index in [0.29, 0.717) is 36.3 Å². The van der Waals surface area contributed by atoms with Gasteiger partial charge in [0, 0.05) is 30.2 Å². The number of fused-ring (bicyclic) bond motifs is 1. The van der Waals surface area contributed by atoms with E-state index in [9.17, 15) is 22.8 Å². The molecule has 0 spiro atoms. The smallest absolute Gasteiger partial charge is 0.340 e. The van der Waals surface area contributed by atoms with Crippen molar-refractivity contribution >= 4 is 34.7 Å². The number of tetrazole rings is 1. The number of aromatic amines is 1. The molecule has 2 atom stereocenters. The zero-order chi connectivity index (χ0) is 29.8. The molecular formula is C26H20ClF4N9O2. The molecule has 0 unspecified atom stereocenters. The van der Waals surface area contributed by atoms with E-state index >= 15 is 4.39 Å². The monoisotopic (exact) mass is 601 g/mol. The molecule has 2 N–H and O–H groups in total. The van der Waals surface area contributed by atoms with Gasteiger partial charge in [-0.05, 0) is 53.5 Å². The van der Waals surface area contributed by atoms with Crippen LogP contribution in [0.25, 0.3) is 22.5 Å². The van der Waals surface area contributed by atoms with E-state index in [0.717, 1.165) is 12.3 Å². The Hall–Kier alpha value is -4.66. The first-order valence-electron chi connectivity index (χ1n) is 12.7. The number of H-pyrrole nitrogens is 1. The molecule has 216 valence electrons. The minimum Gasteiger partial charge on any atom is -0.340 e. The van der Waals surface area contributed by atoms with Crippen molar-refractivity contribution in [3.05, 3.63) is 70.9 Å². The van der Waals surface area contributed by atoms with Crippen molar-refractivity contribution in [1.29, 1.82) is 0 Å². The van der Waals surface area contributed by atoms with Crippen LogP contribution in [-0.2, 0) is 15.8 Å². The van der Waals surface area contributed by atoms with Crippen molar-refractivity contribution in [2.75, 3.05) is 5.32 Å². The molecule has 1 aromatic carbocycles. The quantitative estimate of drug-likeness (QED) is 0.316. The van der Waals surface area contributed by atoms with Crippen molar-refractivity contribution in [2.24, 2.45) is 0 Å². The number of benzene rings is 1. The van der Waals surface area contributed by atoms with E-state index in [2.05, 4.69) is 35.8 Å². The minimum absolute atomic E-state index is 0.0412. The second kappa shape index (κ2) is 10.3. The van der Waals surface area contributed by atoms with Crippen LogP contribution >= 0.6 is 11.6 Å². The lowest BCUT2D eigenvalue weighted by Crippen LogP contribution is -2.39. The molecule has 0 saturated carbocycles. The number of hydrogen-bond acceptors (Lipinski definition) is 7. The van der Waals surface area contributed by atoms with Gasteiger partial charge in [0.2, 0.25) is 11.8 Å². The molecule has 2 amide bonds. The van der Waals surface area contributed by atoms with Crippen LogP contribution in [0, 0.1) is 5.82 Å². The first-order valence-corrected chi connectivity index (χ1v) is 13.0. The maximum Gasteiger partial charge on any atom is 0.433 e. The Labute approximate surface area is 239 Å². The van der Waals surface area contributed by atoms with Gasteiger partial charge >= 0.3 is 6.18 Å². The molecule has 1 saturated heterocycles. The number of nitrogens with one attached hydrogen (secondary N) is 2. The summed E-state index contributed by atoms with van der Waals surface area (Å²) in [6, 6.07) is 2.96. The fourth-order valence-corrected chi connectivity index (χ4v) is 5.63. The largest absolute Gasteiger partial charge is 0.433 e. The number of anilines is 1. The van der Waals surface area contributed by atoms with E-state index in [1.54, 1.807) is 11.0 Å². The van der Waals surface area contributed by atoms with Crippen molar-refractivity contribution in [3.8, 4) is 16.9 Å². The molecule has 3 aromatic heterocycles. The SMILES string of the molecule is CC(=O)Nc1cnc(C(F)(F)F)cc1-c1cnc([C@@H]2CC[C@@H]3CC(c4c(-n5cnnn5)ccc(Cl)c4F)=CC(=O)N32)[nH]1. The van der Waals surface area contributed by atoms with Crippen LogP contribution in [-0.4, -0.2) is 57.9 Å². The van der Waals surface area contributed by atoms with E-state index < -0.39 is 29.6 Å². The predicted octanol–water partition coefficient (Wildman–Crippen LogP) is 4.74. The van der Waals surface area contributed by atoms with Gasteiger partial charge in [0.1, 0.15) is 17.8 Å². The van der Waals surface area contributed by atoms with Crippen LogP contribution in [0.15, 0.2) is 43.0 Å². The van der Waals surface area contributed by atoms with Crippen molar-refractivity contribution in [3.63, 3.8) is 0 Å². The molecular weight excluding hydrogens is 582 g/mol. The van der Waals surface area contributed by atoms with Crippen LogP contribution in [0.3, 0.4) is 0 Å². The number of alkyl halides is 3. The highest BCUT2D eigenvalue weighted by Gasteiger charge is 2.42. The highest BCUT2D eigenvalue weighted by molar-refractivity contribution is 6.31. The van der Waals surface area contributed by atoms with Gasteiger partial charge in [-0.2, -0.15) is 17.9 Å². The number of nitrogens with zero attached hydrogens (tertiary/aromatic N) is 7. The van der Waals surface area contributed by atoms with E-state index in [1.807, 2.05) is 0 Å². The zero-order valence-corrected chi connectivity index (χ0v) is 22.4. The van der Waals surface area contributed by atoms with Gasteiger partial charge in [0.25, 0.3) is 0 Å². The lowest BCUT2D eigenvalue weighted by atomic mass is 9.92. The maximum absolute atomic E-state index is 15.3. The molecule has 6 rings (SSSR count). The Balaban J connectivity index is 1.33. The van der Waals surface area contributed by atoms with E-state index in [4.69, 9.17) is 11.6 Å². The average molecular weight is 602 g/mol. The second-order valence-electron chi connectivity index (χ2n) is 9.85. The van der Waals surface area contributed by atoms with Gasteiger partial charge in [-0.15, -0.1) is 5.10 Å². The zero-order valence-electron chi connectivity index (χ0n) is 21.7. The third kappa shape index (κ3) is 4.89. The van der Waals surface area contributed by atoms with Gasteiger partial charge in [0.05, 0.1) is 40.5 Å². The molecule has 0 aliphatic carbocycles. The molecule has 0 radical (unpaired) electrons. The summed E-state index contributed by atoms with van der Waals surface area (Å²) in [4.78, 5) is 37.6. The molecule has 5 heterocycles. The van der Waals surface area contributed by atoms with Crippen molar-refractivity contribution in [1.82, 2.24) is 40.1 Å². The van der Waals surface area contributed by atoms with Gasteiger partial charge in [-0.3, -0.25) is 9.59 Å². The number of carbonyl (C=O) groups is 2.